The molecule has 1 fully saturated rings. The molecule has 2 atom stereocenters. The fourth-order valence-electron chi connectivity index (χ4n) is 3.96. The number of amides is 2. The highest BCUT2D eigenvalue weighted by molar-refractivity contribution is 7.18. The number of carbonyl (C=O) groups excluding carboxylic acids is 2. The summed E-state index contributed by atoms with van der Waals surface area (Å²) in [7, 11) is 0. The molecule has 2 aromatic rings. The van der Waals surface area contributed by atoms with Crippen LogP contribution in [0.2, 0.25) is 5.02 Å². The Kier molecular flexibility index (Phi) is 8.48. The molecule has 0 aliphatic heterocycles. The van der Waals surface area contributed by atoms with Crippen molar-refractivity contribution < 1.29 is 9.59 Å². The molecule has 6 nitrogen and oxygen atoms in total. The number of nitrogens with one attached hydrogen (secondary N) is 2. The van der Waals surface area contributed by atoms with E-state index in [1.165, 1.54) is 43.4 Å². The van der Waals surface area contributed by atoms with Gasteiger partial charge in [0.25, 0.3) is 0 Å². The Morgan fingerprint density at radius 2 is 2.03 bits per heavy atom. The minimum Gasteiger partial charge on any atom is -0.344 e. The standard InChI is InChI=1S/C22H31ClN4O2S/c1-2-20(28)25-17(13-21-26-16-10-9-15(23)12-18(16)30-21)22(29)27-19(24)11-8-14-6-4-3-5-7-14/h9-10,12,14,17,19H,2-8,11,13,24H2,1H3,(H,25,28)(H,27,29)/t17?,19-/m0/s1. The molecule has 1 aromatic heterocycles. The van der Waals surface area contributed by atoms with E-state index in [0.717, 1.165) is 28.1 Å². The van der Waals surface area contributed by atoms with Gasteiger partial charge in [-0.05, 0) is 37.0 Å². The lowest BCUT2D eigenvalue weighted by atomic mass is 9.86. The maximum absolute atomic E-state index is 12.9. The zero-order chi connectivity index (χ0) is 21.5. The van der Waals surface area contributed by atoms with Crippen LogP contribution in [0.3, 0.4) is 0 Å². The molecule has 0 spiro atoms. The number of hydrogen-bond acceptors (Lipinski definition) is 5. The third-order valence-electron chi connectivity index (χ3n) is 5.68. The highest BCUT2D eigenvalue weighted by atomic mass is 35.5. The van der Waals surface area contributed by atoms with Crippen molar-refractivity contribution in [3.63, 3.8) is 0 Å². The summed E-state index contributed by atoms with van der Waals surface area (Å²) in [5.74, 6) is 0.284. The molecule has 1 heterocycles. The molecule has 0 radical (unpaired) electrons. The lowest BCUT2D eigenvalue weighted by Crippen LogP contribution is -2.52. The van der Waals surface area contributed by atoms with Crippen molar-refractivity contribution in [1.29, 1.82) is 0 Å². The lowest BCUT2D eigenvalue weighted by Gasteiger charge is -2.24. The maximum atomic E-state index is 12.9. The molecule has 1 saturated carbocycles. The van der Waals surface area contributed by atoms with Crippen molar-refractivity contribution in [3.05, 3.63) is 28.2 Å². The summed E-state index contributed by atoms with van der Waals surface area (Å²) in [6, 6.07) is 4.81. The number of carbonyl (C=O) groups is 2. The number of thiazole rings is 1. The first-order valence-corrected chi connectivity index (χ1v) is 12.0. The molecule has 1 unspecified atom stereocenters. The summed E-state index contributed by atoms with van der Waals surface area (Å²) in [4.78, 5) is 29.5. The van der Waals surface area contributed by atoms with Crippen molar-refractivity contribution in [1.82, 2.24) is 15.6 Å². The highest BCUT2D eigenvalue weighted by Crippen LogP contribution is 2.28. The van der Waals surface area contributed by atoms with Crippen molar-refractivity contribution in [3.8, 4) is 0 Å². The lowest BCUT2D eigenvalue weighted by molar-refractivity contribution is -0.129. The molecule has 164 valence electrons. The molecular weight excluding hydrogens is 420 g/mol. The van der Waals surface area contributed by atoms with Gasteiger partial charge in [0.05, 0.1) is 21.4 Å². The second kappa shape index (κ2) is 11.1. The van der Waals surface area contributed by atoms with Crippen LogP contribution >= 0.6 is 22.9 Å². The largest absolute Gasteiger partial charge is 0.344 e. The first-order valence-electron chi connectivity index (χ1n) is 10.8. The average molecular weight is 451 g/mol. The van der Waals surface area contributed by atoms with Gasteiger partial charge >= 0.3 is 0 Å². The number of hydrogen-bond donors (Lipinski definition) is 3. The Labute approximate surface area is 187 Å². The zero-order valence-electron chi connectivity index (χ0n) is 17.5. The summed E-state index contributed by atoms with van der Waals surface area (Å²) < 4.78 is 0.961. The SMILES string of the molecule is CCC(=O)NC(Cc1nc2ccc(Cl)cc2s1)C(=O)N[C@H](N)CCC1CCCCC1. The predicted molar refractivity (Wildman–Crippen MR) is 122 cm³/mol. The predicted octanol–water partition coefficient (Wildman–Crippen LogP) is 4.15. The van der Waals surface area contributed by atoms with E-state index in [-0.39, 0.29) is 11.8 Å². The number of aromatic nitrogens is 1. The van der Waals surface area contributed by atoms with Crippen LogP contribution in [0.1, 0.15) is 63.3 Å². The molecule has 30 heavy (non-hydrogen) atoms. The van der Waals surface area contributed by atoms with E-state index in [4.69, 9.17) is 17.3 Å². The number of nitrogens with zero attached hydrogens (tertiary/aromatic N) is 1. The average Bonchev–Trinajstić information content (AvgIpc) is 3.13. The molecule has 1 aliphatic carbocycles. The molecule has 0 saturated heterocycles. The summed E-state index contributed by atoms with van der Waals surface area (Å²) in [6.07, 6.45) is 8.46. The molecule has 8 heteroatoms. The number of benzene rings is 1. The van der Waals surface area contributed by atoms with Crippen LogP contribution in [-0.2, 0) is 16.0 Å². The van der Waals surface area contributed by atoms with E-state index in [1.807, 2.05) is 12.1 Å². The monoisotopic (exact) mass is 450 g/mol. The topological polar surface area (TPSA) is 97.1 Å². The van der Waals surface area contributed by atoms with Crippen LogP contribution in [-0.4, -0.2) is 29.0 Å². The van der Waals surface area contributed by atoms with Crippen LogP contribution in [0.25, 0.3) is 10.2 Å². The van der Waals surface area contributed by atoms with Crippen LogP contribution in [0, 0.1) is 5.92 Å². The number of nitrogens with two attached hydrogens (primary N) is 1. The van der Waals surface area contributed by atoms with E-state index in [2.05, 4.69) is 15.6 Å². The van der Waals surface area contributed by atoms with Gasteiger partial charge in [0.1, 0.15) is 6.04 Å². The van der Waals surface area contributed by atoms with E-state index in [0.29, 0.717) is 23.8 Å². The van der Waals surface area contributed by atoms with Gasteiger partial charge in [0, 0.05) is 17.9 Å². The van der Waals surface area contributed by atoms with E-state index >= 15 is 0 Å². The summed E-state index contributed by atoms with van der Waals surface area (Å²) >= 11 is 7.54. The zero-order valence-corrected chi connectivity index (χ0v) is 19.0. The molecular formula is C22H31ClN4O2S. The summed E-state index contributed by atoms with van der Waals surface area (Å²) in [5.41, 5.74) is 7.03. The first-order chi connectivity index (χ1) is 14.4. The minimum atomic E-state index is -0.700. The van der Waals surface area contributed by atoms with Crippen molar-refractivity contribution in [2.24, 2.45) is 11.7 Å². The molecule has 1 aliphatic rings. The summed E-state index contributed by atoms with van der Waals surface area (Å²) in [6.45, 7) is 1.76. The number of halogens is 1. The molecule has 0 bridgehead atoms. The maximum Gasteiger partial charge on any atom is 0.244 e. The third-order valence-corrected chi connectivity index (χ3v) is 6.96. The molecule has 3 rings (SSSR count). The van der Waals surface area contributed by atoms with E-state index in [1.54, 1.807) is 13.0 Å². The van der Waals surface area contributed by atoms with Crippen LogP contribution in [0.4, 0.5) is 0 Å². The van der Waals surface area contributed by atoms with Crippen molar-refractivity contribution in [2.45, 2.75) is 76.9 Å². The second-order valence-corrected chi connectivity index (χ2v) is 9.65. The van der Waals surface area contributed by atoms with Gasteiger partial charge in [-0.25, -0.2) is 4.98 Å². The molecule has 2 amide bonds. The fraction of sp³-hybridized carbons (Fsp3) is 0.591. The van der Waals surface area contributed by atoms with E-state index < -0.39 is 12.2 Å². The van der Waals surface area contributed by atoms with E-state index in [9.17, 15) is 9.59 Å². The van der Waals surface area contributed by atoms with Gasteiger partial charge in [-0.1, -0.05) is 50.6 Å². The number of rotatable bonds is 9. The smallest absolute Gasteiger partial charge is 0.244 e. The van der Waals surface area contributed by atoms with Gasteiger partial charge in [0.2, 0.25) is 11.8 Å². The van der Waals surface area contributed by atoms with Gasteiger partial charge in [-0.15, -0.1) is 11.3 Å². The van der Waals surface area contributed by atoms with Crippen LogP contribution in [0.5, 0.6) is 0 Å². The Bertz CT molecular complexity index is 866. The minimum absolute atomic E-state index is 0.171. The Morgan fingerprint density at radius 1 is 1.27 bits per heavy atom. The fourth-order valence-corrected chi connectivity index (χ4v) is 5.25. The van der Waals surface area contributed by atoms with Crippen LogP contribution < -0.4 is 16.4 Å². The Morgan fingerprint density at radius 3 is 2.77 bits per heavy atom. The quantitative estimate of drug-likeness (QED) is 0.500. The highest BCUT2D eigenvalue weighted by Gasteiger charge is 2.24. The summed E-state index contributed by atoms with van der Waals surface area (Å²) in [5, 5.41) is 7.13. The second-order valence-electron chi connectivity index (χ2n) is 8.09. The van der Waals surface area contributed by atoms with Crippen molar-refractivity contribution >= 4 is 45.0 Å². The molecule has 1 aromatic carbocycles. The Balaban J connectivity index is 1.60. The first kappa shape index (κ1) is 23.0. The van der Waals surface area contributed by atoms with Gasteiger partial charge in [-0.2, -0.15) is 0 Å². The van der Waals surface area contributed by atoms with Gasteiger partial charge < -0.3 is 16.4 Å². The van der Waals surface area contributed by atoms with Crippen LogP contribution in [0.15, 0.2) is 18.2 Å². The number of fused-ring (bicyclic) bond motifs is 1. The molecule has 4 N–H and O–H groups in total. The van der Waals surface area contributed by atoms with Gasteiger partial charge in [0.15, 0.2) is 0 Å². The third kappa shape index (κ3) is 6.65. The Hall–Kier alpha value is -1.70. The normalized spacial score (nSPS) is 16.9. The van der Waals surface area contributed by atoms with Crippen molar-refractivity contribution in [2.75, 3.05) is 0 Å². The van der Waals surface area contributed by atoms with Gasteiger partial charge in [-0.3, -0.25) is 9.59 Å².